The van der Waals surface area contributed by atoms with Crippen molar-refractivity contribution >= 4 is 164 Å². The van der Waals surface area contributed by atoms with Crippen LogP contribution in [-0.4, -0.2) is 169 Å². The minimum atomic E-state index is -1.34. The summed E-state index contributed by atoms with van der Waals surface area (Å²) < 4.78 is 14.0. The zero-order valence-corrected chi connectivity index (χ0v) is 71.1. The van der Waals surface area contributed by atoms with Gasteiger partial charge in [0.1, 0.15) is 76.1 Å². The molecule has 4 unspecified atom stereocenters. The number of phenols is 4. The van der Waals surface area contributed by atoms with E-state index in [-0.39, 0.29) is 133 Å². The molecule has 0 aliphatic carbocycles. The summed E-state index contributed by atoms with van der Waals surface area (Å²) in [5, 5.41) is 62.2. The van der Waals surface area contributed by atoms with Crippen LogP contribution < -0.4 is 67.0 Å². The van der Waals surface area contributed by atoms with Crippen molar-refractivity contribution < 1.29 is 108 Å². The Bertz CT molecular complexity index is 3790. The Morgan fingerprint density at radius 2 is 0.899 bits per heavy atom. The van der Waals surface area contributed by atoms with Crippen molar-refractivity contribution in [1.82, 2.24) is 30.5 Å². The van der Waals surface area contributed by atoms with E-state index in [4.69, 9.17) is 129 Å². The monoisotopic (exact) mass is 1700 g/mol. The number of esters is 3. The van der Waals surface area contributed by atoms with Gasteiger partial charge in [-0.25, -0.2) is 39.0 Å². The SMILES string of the molecule is CC1(Cc2ccc(O)cc2)NC(=O)N(c2cc(Cl)nc(Cl)c2)C1=O.CCN(CC)CC.CCO.CC[O-].COC(=O)C(C)(Cc1ccc(O)cc1)NC(=O)Nc1cc(Cl)nc(Cl)c1.COC(=O)C(C)(N)Cc1ccc(O)cc1.COC(=O)C(C)(N)Cc1ccc(O)cc1.Cl.ClCCl.O=C=Nc1cc(Cl)nc(Cl)c1.[Na+]. The standard InChI is InChI=1S/C17H17Cl2N3O4.C16H13Cl2N3O3.2C11H15NO3.C6H2Cl2N2O.C6H15N.C2H6O.C2H5O.CH2Cl2.ClH.Na/c1-17(15(24)26-2,9-10-3-5-12(23)6-4-10)22-16(25)20-11-7-13(18)21-14(19)8-11;1-16(8-9-2-4-11(22)5-3-9)14(23)21(15(24)20-16)10-6-12(17)19-13(18)7-10;2*1-11(12,10(14)15-2)7-8-3-5-9(13)6-4-8;7-5-1-4(9-3-11)2-6(8)10-5;1-4-7(5-2)6-3;2*1-2-3;2-1-3;;/h3-8,23H,9H2,1-2H3,(H2,20,21,22,25);2-7,22H,8H2,1H3,(H,20,24);2*3-6,13H,7,12H2,1-2H3;1-2H;4-6H2,1-3H3;3H,2H2,1H3;2H2,1H3;1H2;1H;/q;;;;;;;-1;;;+1. The maximum Gasteiger partial charge on any atom is 1.00 e. The summed E-state index contributed by atoms with van der Waals surface area (Å²) in [5.41, 5.74) is 11.3. The maximum absolute atomic E-state index is 12.8. The average molecular weight is 1710 g/mol. The molecule has 0 spiro atoms. The molecule has 594 valence electrons. The first-order valence-electron chi connectivity index (χ1n) is 32.0. The van der Waals surface area contributed by atoms with Gasteiger partial charge in [0.25, 0.3) is 5.91 Å². The summed E-state index contributed by atoms with van der Waals surface area (Å²) in [7, 11) is 3.86. The number of carbonyl (C=O) groups excluding carboxylic acids is 7. The van der Waals surface area contributed by atoms with Crippen LogP contribution in [0.15, 0.2) is 138 Å². The summed E-state index contributed by atoms with van der Waals surface area (Å²) in [6.45, 7) is 20.0. The van der Waals surface area contributed by atoms with Crippen LogP contribution in [0.3, 0.4) is 0 Å². The fourth-order valence-corrected chi connectivity index (χ4v) is 10.3. The Labute approximate surface area is 702 Å². The van der Waals surface area contributed by atoms with E-state index < -0.39 is 58.0 Å². The van der Waals surface area contributed by atoms with Gasteiger partial charge in [-0.3, -0.25) is 14.4 Å². The summed E-state index contributed by atoms with van der Waals surface area (Å²) in [6, 6.07) is 33.1. The van der Waals surface area contributed by atoms with Crippen molar-refractivity contribution in [2.45, 2.75) is 110 Å². The van der Waals surface area contributed by atoms with E-state index in [9.17, 15) is 43.8 Å². The fraction of sp³-hybridized carbons (Fsp3) is 0.361. The predicted molar refractivity (Wildman–Crippen MR) is 425 cm³/mol. The first-order chi connectivity index (χ1) is 50.2. The second-order valence-electron chi connectivity index (χ2n) is 23.0. The van der Waals surface area contributed by atoms with E-state index in [2.05, 4.69) is 71.0 Å². The molecule has 109 heavy (non-hydrogen) atoms. The molecule has 4 heterocycles. The number of halogens is 9. The number of pyridine rings is 3. The van der Waals surface area contributed by atoms with Crippen molar-refractivity contribution in [2.75, 3.05) is 69.7 Å². The molecule has 27 nitrogen and oxygen atoms in total. The number of alkyl halides is 2. The third-order valence-corrected chi connectivity index (χ3v) is 15.0. The van der Waals surface area contributed by atoms with E-state index in [1.807, 2.05) is 0 Å². The number of hydrogen-bond acceptors (Lipinski definition) is 23. The van der Waals surface area contributed by atoms with Crippen molar-refractivity contribution in [1.29, 1.82) is 0 Å². The number of phenolic OH excluding ortho intramolecular Hbond substituents is 4. The summed E-state index contributed by atoms with van der Waals surface area (Å²) in [5.74, 6) is -1.32. The summed E-state index contributed by atoms with van der Waals surface area (Å²) in [6.07, 6.45) is 2.55. The number of methoxy groups -OCH3 is 3. The topological polar surface area (TPSA) is 417 Å². The third kappa shape index (κ3) is 41.7. The fourth-order valence-electron chi connectivity index (χ4n) is 8.93. The molecule has 0 radical (unpaired) electrons. The van der Waals surface area contributed by atoms with Gasteiger partial charge in [-0.1, -0.05) is 146 Å². The van der Waals surface area contributed by atoms with Crippen LogP contribution >= 0.6 is 105 Å². The van der Waals surface area contributed by atoms with Crippen LogP contribution in [0.25, 0.3) is 0 Å². The number of benzene rings is 4. The number of anilines is 2. The van der Waals surface area contributed by atoms with Crippen molar-refractivity contribution in [3.63, 3.8) is 0 Å². The molecule has 3 aromatic heterocycles. The number of carbonyl (C=O) groups is 6. The number of amides is 5. The molecule has 1 fully saturated rings. The second-order valence-corrected chi connectivity index (χ2v) is 26.1. The van der Waals surface area contributed by atoms with Crippen LogP contribution in [0, 0.1) is 0 Å². The predicted octanol–water partition coefficient (Wildman–Crippen LogP) is 10.1. The zero-order valence-electron chi connectivity index (χ0n) is 62.3. The number of aliphatic hydroxyl groups excluding tert-OH is 1. The average Bonchev–Trinajstić information content (AvgIpc) is 1.62. The molecular weight excluding hydrogens is 1620 g/mol. The van der Waals surface area contributed by atoms with Gasteiger partial charge in [0, 0.05) is 50.1 Å². The maximum atomic E-state index is 12.8. The molecule has 1 saturated heterocycles. The molecular formula is C72H91Cl9N11NaO16. The number of aliphatic hydroxyl groups is 1. The number of nitrogens with one attached hydrogen (secondary N) is 3. The molecule has 1 aliphatic heterocycles. The Balaban J connectivity index is -0.00000125. The molecule has 7 aromatic rings. The zero-order chi connectivity index (χ0) is 81.8. The molecule has 4 atom stereocenters. The molecule has 4 aromatic carbocycles. The van der Waals surface area contributed by atoms with Crippen LogP contribution in [0.4, 0.5) is 26.7 Å². The van der Waals surface area contributed by atoms with Crippen LogP contribution in [-0.2, 0) is 63.9 Å². The number of ether oxygens (including phenoxy) is 3. The third-order valence-electron chi connectivity index (χ3n) is 13.9. The number of imide groups is 1. The van der Waals surface area contributed by atoms with Gasteiger partial charge in [-0.15, -0.1) is 42.2 Å². The van der Waals surface area contributed by atoms with Crippen molar-refractivity contribution in [2.24, 2.45) is 16.5 Å². The van der Waals surface area contributed by atoms with Gasteiger partial charge in [0.05, 0.1) is 38.0 Å². The Morgan fingerprint density at radius 1 is 0.596 bits per heavy atom. The number of hydrogen-bond donors (Lipinski definition) is 10. The minimum Gasteiger partial charge on any atom is -0.855 e. The number of nitrogens with zero attached hydrogens (tertiary/aromatic N) is 6. The summed E-state index contributed by atoms with van der Waals surface area (Å²) >= 11 is 43.8. The number of isocyanates is 1. The largest absolute Gasteiger partial charge is 1.00 e. The van der Waals surface area contributed by atoms with E-state index in [0.717, 1.165) is 27.2 Å². The van der Waals surface area contributed by atoms with Gasteiger partial charge in [0.15, 0.2) is 0 Å². The molecule has 0 saturated carbocycles. The first-order valence-corrected chi connectivity index (χ1v) is 35.4. The van der Waals surface area contributed by atoms with Gasteiger partial charge in [-0.05, 0) is 149 Å². The van der Waals surface area contributed by atoms with Gasteiger partial charge >= 0.3 is 59.5 Å². The first kappa shape index (κ1) is 106. The number of urea groups is 2. The van der Waals surface area contributed by atoms with E-state index in [1.165, 1.54) is 115 Å². The molecule has 37 heteroatoms. The quantitative estimate of drug-likeness (QED) is 0.00558. The van der Waals surface area contributed by atoms with E-state index in [0.29, 0.717) is 24.2 Å². The number of aromatic nitrogens is 3. The number of aliphatic imine (C=N–C) groups is 1. The van der Waals surface area contributed by atoms with Crippen LogP contribution in [0.1, 0.15) is 84.6 Å². The molecule has 5 amide bonds. The Hall–Kier alpha value is -7.06. The minimum absolute atomic E-state index is 0. The summed E-state index contributed by atoms with van der Waals surface area (Å²) in [4.78, 5) is 100. The van der Waals surface area contributed by atoms with Crippen LogP contribution in [0.5, 0.6) is 23.0 Å². The smallest absolute Gasteiger partial charge is 0.855 e. The molecule has 12 N–H and O–H groups in total. The van der Waals surface area contributed by atoms with Crippen molar-refractivity contribution in [3.05, 3.63) is 187 Å². The van der Waals surface area contributed by atoms with Crippen LogP contribution in [0.2, 0.25) is 30.9 Å². The molecule has 0 bridgehead atoms. The molecule has 1 aliphatic rings. The van der Waals surface area contributed by atoms with E-state index in [1.54, 1.807) is 107 Å². The van der Waals surface area contributed by atoms with Crippen molar-refractivity contribution in [3.8, 4) is 23.0 Å². The van der Waals surface area contributed by atoms with E-state index >= 15 is 0 Å². The number of rotatable bonds is 18. The molecule has 8 rings (SSSR count). The normalized spacial score (nSPS) is 13.5. The van der Waals surface area contributed by atoms with Gasteiger partial charge in [-0.2, -0.15) is 4.99 Å². The Morgan fingerprint density at radius 3 is 1.20 bits per heavy atom. The van der Waals surface area contributed by atoms with Gasteiger partial charge < -0.3 is 77.2 Å². The number of aromatic hydroxyl groups is 4. The number of nitrogens with two attached hydrogens (primary N) is 2. The van der Waals surface area contributed by atoms with Gasteiger partial charge in [0.2, 0.25) is 6.08 Å². The Kier molecular flexibility index (Phi) is 53.9. The second kappa shape index (κ2) is 55.4.